The predicted molar refractivity (Wildman–Crippen MR) is 56.7 cm³/mol. The van der Waals surface area contributed by atoms with Crippen LogP contribution in [-0.2, 0) is 4.79 Å². The average Bonchev–Trinajstić information content (AvgIpc) is 2.07. The summed E-state index contributed by atoms with van der Waals surface area (Å²) >= 11 is 0. The van der Waals surface area contributed by atoms with E-state index in [0.29, 0.717) is 0 Å². The molecule has 4 nitrogen and oxygen atoms in total. The molecule has 0 aromatic carbocycles. The smallest absolute Gasteiger partial charge is 0.224 e. The van der Waals surface area contributed by atoms with Crippen LogP contribution in [0.15, 0.2) is 0 Å². The zero-order chi connectivity index (χ0) is 10.8. The van der Waals surface area contributed by atoms with E-state index >= 15 is 0 Å². The average molecular weight is 199 g/mol. The minimum absolute atomic E-state index is 0.113. The Kier molecular flexibility index (Phi) is 3.50. The van der Waals surface area contributed by atoms with E-state index in [1.54, 1.807) is 5.01 Å². The molecule has 0 aromatic rings. The summed E-state index contributed by atoms with van der Waals surface area (Å²) in [5, 5.41) is 3.94. The van der Waals surface area contributed by atoms with Crippen molar-refractivity contribution >= 4 is 6.41 Å². The van der Waals surface area contributed by atoms with Gasteiger partial charge >= 0.3 is 0 Å². The standard InChI is InChI=1S/C10H21N3O/c1-10(2,3)13(9-14)12-7-5-11(4)6-8-12/h9H,5-8H2,1-4H3. The summed E-state index contributed by atoms with van der Waals surface area (Å²) in [6, 6.07) is 0. The van der Waals surface area contributed by atoms with E-state index in [9.17, 15) is 4.79 Å². The van der Waals surface area contributed by atoms with Crippen LogP contribution in [0.1, 0.15) is 20.8 Å². The number of hydrazine groups is 1. The van der Waals surface area contributed by atoms with Crippen LogP contribution in [0.3, 0.4) is 0 Å². The fraction of sp³-hybridized carbons (Fsp3) is 0.900. The normalized spacial score (nSPS) is 20.9. The maximum atomic E-state index is 11.0. The lowest BCUT2D eigenvalue weighted by Gasteiger charge is -2.44. The van der Waals surface area contributed by atoms with Crippen LogP contribution in [-0.4, -0.2) is 60.1 Å². The Balaban J connectivity index is 2.58. The van der Waals surface area contributed by atoms with Gasteiger partial charge in [-0.3, -0.25) is 9.80 Å². The van der Waals surface area contributed by atoms with Crippen molar-refractivity contribution in [3.05, 3.63) is 0 Å². The largest absolute Gasteiger partial charge is 0.304 e. The molecule has 0 spiro atoms. The van der Waals surface area contributed by atoms with E-state index in [1.165, 1.54) is 0 Å². The first kappa shape index (κ1) is 11.5. The lowest BCUT2D eigenvalue weighted by Crippen LogP contribution is -2.58. The first-order valence-electron chi connectivity index (χ1n) is 5.13. The molecule has 1 fully saturated rings. The Hall–Kier alpha value is -0.610. The Morgan fingerprint density at radius 1 is 1.14 bits per heavy atom. The minimum Gasteiger partial charge on any atom is -0.304 e. The van der Waals surface area contributed by atoms with Gasteiger partial charge in [-0.1, -0.05) is 0 Å². The molecule has 0 atom stereocenters. The highest BCUT2D eigenvalue weighted by Gasteiger charge is 2.27. The number of rotatable bonds is 2. The van der Waals surface area contributed by atoms with Crippen molar-refractivity contribution in [3.8, 4) is 0 Å². The maximum absolute atomic E-state index is 11.0. The van der Waals surface area contributed by atoms with Crippen LogP contribution in [0.25, 0.3) is 0 Å². The quantitative estimate of drug-likeness (QED) is 0.603. The van der Waals surface area contributed by atoms with Crippen molar-refractivity contribution in [1.82, 2.24) is 14.9 Å². The maximum Gasteiger partial charge on any atom is 0.224 e. The molecule has 0 aromatic heterocycles. The summed E-state index contributed by atoms with van der Waals surface area (Å²) in [7, 11) is 2.11. The lowest BCUT2D eigenvalue weighted by molar-refractivity contribution is -0.151. The SMILES string of the molecule is CN1CCN(N(C=O)C(C)(C)C)CC1. The van der Waals surface area contributed by atoms with Crippen LogP contribution in [0.5, 0.6) is 0 Å². The molecule has 82 valence electrons. The summed E-state index contributed by atoms with van der Waals surface area (Å²) in [6.45, 7) is 10.1. The summed E-state index contributed by atoms with van der Waals surface area (Å²) in [4.78, 5) is 13.3. The van der Waals surface area contributed by atoms with E-state index in [0.717, 1.165) is 32.6 Å². The van der Waals surface area contributed by atoms with Crippen LogP contribution >= 0.6 is 0 Å². The van der Waals surface area contributed by atoms with E-state index in [2.05, 4.69) is 37.7 Å². The van der Waals surface area contributed by atoms with E-state index in [1.807, 2.05) is 0 Å². The summed E-state index contributed by atoms with van der Waals surface area (Å²) in [6.07, 6.45) is 0.936. The summed E-state index contributed by atoms with van der Waals surface area (Å²) in [5.74, 6) is 0. The number of hydrogen-bond acceptors (Lipinski definition) is 3. The van der Waals surface area contributed by atoms with Crippen molar-refractivity contribution in [2.75, 3.05) is 33.2 Å². The Morgan fingerprint density at radius 3 is 2.00 bits per heavy atom. The van der Waals surface area contributed by atoms with Gasteiger partial charge in [0.25, 0.3) is 0 Å². The third-order valence-electron chi connectivity index (χ3n) is 2.57. The molecule has 4 heteroatoms. The first-order valence-corrected chi connectivity index (χ1v) is 5.13. The molecule has 1 rings (SSSR count). The number of piperazine rings is 1. The van der Waals surface area contributed by atoms with Crippen LogP contribution in [0.4, 0.5) is 0 Å². The van der Waals surface area contributed by atoms with Gasteiger partial charge in [0.2, 0.25) is 6.41 Å². The zero-order valence-corrected chi connectivity index (χ0v) is 9.66. The van der Waals surface area contributed by atoms with Gasteiger partial charge in [0.15, 0.2) is 0 Å². The molecule has 0 bridgehead atoms. The Morgan fingerprint density at radius 2 is 1.64 bits per heavy atom. The molecule has 1 aliphatic heterocycles. The molecular formula is C10H21N3O. The van der Waals surface area contributed by atoms with E-state index in [4.69, 9.17) is 0 Å². The minimum atomic E-state index is -0.113. The third kappa shape index (κ3) is 2.69. The number of amides is 1. The van der Waals surface area contributed by atoms with Gasteiger partial charge in [0.1, 0.15) is 0 Å². The van der Waals surface area contributed by atoms with Crippen molar-refractivity contribution in [3.63, 3.8) is 0 Å². The highest BCUT2D eigenvalue weighted by Crippen LogP contribution is 2.15. The van der Waals surface area contributed by atoms with Crippen molar-refractivity contribution < 1.29 is 4.79 Å². The summed E-state index contributed by atoms with van der Waals surface area (Å²) < 4.78 is 0. The molecule has 14 heavy (non-hydrogen) atoms. The third-order valence-corrected chi connectivity index (χ3v) is 2.57. The van der Waals surface area contributed by atoms with Crippen molar-refractivity contribution in [2.45, 2.75) is 26.3 Å². The first-order chi connectivity index (χ1) is 6.45. The van der Waals surface area contributed by atoms with Gasteiger partial charge in [0.05, 0.1) is 5.54 Å². The molecule has 0 unspecified atom stereocenters. The molecule has 0 N–H and O–H groups in total. The van der Waals surface area contributed by atoms with Crippen LogP contribution < -0.4 is 0 Å². The number of hydrogen-bond donors (Lipinski definition) is 0. The Bertz CT molecular complexity index is 192. The van der Waals surface area contributed by atoms with Gasteiger partial charge in [-0.05, 0) is 27.8 Å². The van der Waals surface area contributed by atoms with Gasteiger partial charge in [-0.25, -0.2) is 5.01 Å². The molecule has 0 aliphatic carbocycles. The Labute approximate surface area is 86.4 Å². The second kappa shape index (κ2) is 4.28. The highest BCUT2D eigenvalue weighted by molar-refractivity contribution is 5.47. The van der Waals surface area contributed by atoms with Crippen molar-refractivity contribution in [1.29, 1.82) is 0 Å². The molecule has 1 aliphatic rings. The molecule has 1 heterocycles. The number of carbonyl (C=O) groups excluding carboxylic acids is 1. The topological polar surface area (TPSA) is 26.8 Å². The van der Waals surface area contributed by atoms with Crippen molar-refractivity contribution in [2.24, 2.45) is 0 Å². The van der Waals surface area contributed by atoms with Gasteiger partial charge in [-0.15, -0.1) is 0 Å². The zero-order valence-electron chi connectivity index (χ0n) is 9.66. The number of nitrogens with zero attached hydrogens (tertiary/aromatic N) is 3. The van der Waals surface area contributed by atoms with Gasteiger partial charge < -0.3 is 4.90 Å². The molecule has 1 amide bonds. The molecular weight excluding hydrogens is 178 g/mol. The fourth-order valence-corrected chi connectivity index (χ4v) is 1.66. The predicted octanol–water partition coefficient (Wildman–Crippen LogP) is 0.406. The van der Waals surface area contributed by atoms with E-state index < -0.39 is 0 Å². The number of carbonyl (C=O) groups is 1. The van der Waals surface area contributed by atoms with Gasteiger partial charge in [0, 0.05) is 26.2 Å². The monoisotopic (exact) mass is 199 g/mol. The van der Waals surface area contributed by atoms with Crippen LogP contribution in [0, 0.1) is 0 Å². The highest BCUT2D eigenvalue weighted by atomic mass is 16.2. The fourth-order valence-electron chi connectivity index (χ4n) is 1.66. The van der Waals surface area contributed by atoms with Crippen LogP contribution in [0.2, 0.25) is 0 Å². The second-order valence-electron chi connectivity index (χ2n) is 4.88. The lowest BCUT2D eigenvalue weighted by atomic mass is 10.1. The molecule has 0 saturated carbocycles. The molecule has 1 saturated heterocycles. The molecule has 0 radical (unpaired) electrons. The van der Waals surface area contributed by atoms with Gasteiger partial charge in [-0.2, -0.15) is 0 Å². The summed E-state index contributed by atoms with van der Waals surface area (Å²) in [5.41, 5.74) is -0.113. The second-order valence-corrected chi connectivity index (χ2v) is 4.88. The van der Waals surface area contributed by atoms with E-state index in [-0.39, 0.29) is 5.54 Å². The number of likely N-dealkylation sites (N-methyl/N-ethyl adjacent to an activating group) is 1.